The summed E-state index contributed by atoms with van der Waals surface area (Å²) in [6, 6.07) is -0.211. The molecule has 1 aliphatic carbocycles. The number of rotatable bonds is 6. The van der Waals surface area contributed by atoms with Gasteiger partial charge in [0, 0.05) is 12.1 Å². The molecular formula is C12H24N2O2. The number of carbonyl (C=O) groups is 1. The second-order valence-electron chi connectivity index (χ2n) is 4.83. The Hall–Kier alpha value is -0.610. The zero-order valence-electron chi connectivity index (χ0n) is 10.9. The zero-order valence-corrected chi connectivity index (χ0v) is 10.9. The van der Waals surface area contributed by atoms with E-state index in [1.165, 1.54) is 19.3 Å². The van der Waals surface area contributed by atoms with Gasteiger partial charge in [0.25, 0.3) is 0 Å². The third-order valence-corrected chi connectivity index (χ3v) is 3.61. The van der Waals surface area contributed by atoms with Gasteiger partial charge in [-0.15, -0.1) is 0 Å². The van der Waals surface area contributed by atoms with Crippen molar-refractivity contribution in [3.8, 4) is 0 Å². The minimum absolute atomic E-state index is 0.157. The predicted octanol–water partition coefficient (Wildman–Crippen LogP) is 1.01. The van der Waals surface area contributed by atoms with Crippen LogP contribution in [-0.4, -0.2) is 49.7 Å². The van der Waals surface area contributed by atoms with Crippen LogP contribution in [0.1, 0.15) is 33.1 Å². The molecule has 0 bridgehead atoms. The third kappa shape index (κ3) is 2.95. The van der Waals surface area contributed by atoms with Crippen LogP contribution in [0.25, 0.3) is 0 Å². The van der Waals surface area contributed by atoms with Crippen LogP contribution in [-0.2, 0) is 9.53 Å². The summed E-state index contributed by atoms with van der Waals surface area (Å²) in [5.74, 6) is -0.157. The van der Waals surface area contributed by atoms with Crippen molar-refractivity contribution >= 4 is 5.97 Å². The molecule has 0 radical (unpaired) electrons. The zero-order chi connectivity index (χ0) is 12.2. The van der Waals surface area contributed by atoms with Crippen molar-refractivity contribution in [3.63, 3.8) is 0 Å². The first-order valence-corrected chi connectivity index (χ1v) is 6.09. The van der Waals surface area contributed by atoms with Gasteiger partial charge in [-0.25, -0.2) is 0 Å². The molecule has 94 valence electrons. The van der Waals surface area contributed by atoms with Crippen molar-refractivity contribution in [2.24, 2.45) is 0 Å². The largest absolute Gasteiger partial charge is 0.465 e. The van der Waals surface area contributed by atoms with Gasteiger partial charge in [-0.05, 0) is 47.2 Å². The Balaban J connectivity index is 2.35. The van der Waals surface area contributed by atoms with Crippen LogP contribution in [0.2, 0.25) is 0 Å². The molecular weight excluding hydrogens is 204 g/mol. The van der Waals surface area contributed by atoms with Crippen LogP contribution in [0.3, 0.4) is 0 Å². The minimum atomic E-state index is -0.211. The van der Waals surface area contributed by atoms with Gasteiger partial charge in [-0.2, -0.15) is 0 Å². The van der Waals surface area contributed by atoms with Crippen molar-refractivity contribution < 1.29 is 9.53 Å². The molecule has 0 aromatic carbocycles. The molecule has 0 aliphatic heterocycles. The molecule has 0 heterocycles. The van der Waals surface area contributed by atoms with Crippen molar-refractivity contribution in [1.29, 1.82) is 0 Å². The SMILES string of the molecule is CCOC(=O)C(C)NCC1(N(C)C)CCC1. The van der Waals surface area contributed by atoms with Crippen LogP contribution >= 0.6 is 0 Å². The first kappa shape index (κ1) is 13.5. The maximum absolute atomic E-state index is 11.4. The predicted molar refractivity (Wildman–Crippen MR) is 64.4 cm³/mol. The summed E-state index contributed by atoms with van der Waals surface area (Å²) in [4.78, 5) is 13.7. The van der Waals surface area contributed by atoms with E-state index in [-0.39, 0.29) is 17.6 Å². The van der Waals surface area contributed by atoms with E-state index < -0.39 is 0 Å². The lowest BCUT2D eigenvalue weighted by molar-refractivity contribution is -0.145. The first-order chi connectivity index (χ1) is 7.52. The molecule has 0 saturated heterocycles. The highest BCUT2D eigenvalue weighted by Gasteiger charge is 2.39. The standard InChI is InChI=1S/C12H24N2O2/c1-5-16-11(15)10(2)13-9-12(14(3)4)7-6-8-12/h10,13H,5-9H2,1-4H3. The van der Waals surface area contributed by atoms with Crippen LogP contribution < -0.4 is 5.32 Å². The Morgan fingerprint density at radius 2 is 2.12 bits per heavy atom. The van der Waals surface area contributed by atoms with E-state index in [1.54, 1.807) is 0 Å². The maximum atomic E-state index is 11.4. The highest BCUT2D eigenvalue weighted by atomic mass is 16.5. The summed E-state index contributed by atoms with van der Waals surface area (Å²) in [5.41, 5.74) is 0.251. The fourth-order valence-corrected chi connectivity index (χ4v) is 2.06. The number of esters is 1. The van der Waals surface area contributed by atoms with Gasteiger partial charge in [0.15, 0.2) is 0 Å². The second kappa shape index (κ2) is 5.64. The van der Waals surface area contributed by atoms with Crippen LogP contribution in [0.4, 0.5) is 0 Å². The molecule has 4 heteroatoms. The van der Waals surface area contributed by atoms with Crippen molar-refractivity contribution in [1.82, 2.24) is 10.2 Å². The van der Waals surface area contributed by atoms with E-state index in [2.05, 4.69) is 24.3 Å². The lowest BCUT2D eigenvalue weighted by Crippen LogP contribution is -2.58. The summed E-state index contributed by atoms with van der Waals surface area (Å²) in [7, 11) is 4.21. The first-order valence-electron chi connectivity index (χ1n) is 6.09. The average Bonchev–Trinajstić information content (AvgIpc) is 2.15. The molecule has 1 N–H and O–H groups in total. The fourth-order valence-electron chi connectivity index (χ4n) is 2.06. The Kier molecular flexibility index (Phi) is 4.74. The number of hydrogen-bond donors (Lipinski definition) is 1. The van der Waals surface area contributed by atoms with Crippen LogP contribution in [0.15, 0.2) is 0 Å². The molecule has 0 aromatic heterocycles. The normalized spacial score (nSPS) is 20.3. The van der Waals surface area contributed by atoms with E-state index in [9.17, 15) is 4.79 Å². The van der Waals surface area contributed by atoms with Gasteiger partial charge >= 0.3 is 5.97 Å². The maximum Gasteiger partial charge on any atom is 0.322 e. The number of nitrogens with zero attached hydrogens (tertiary/aromatic N) is 1. The summed E-state index contributed by atoms with van der Waals surface area (Å²) >= 11 is 0. The third-order valence-electron chi connectivity index (χ3n) is 3.61. The Morgan fingerprint density at radius 3 is 2.50 bits per heavy atom. The summed E-state index contributed by atoms with van der Waals surface area (Å²) in [6.45, 7) is 5.00. The number of carbonyl (C=O) groups excluding carboxylic acids is 1. The molecule has 4 nitrogen and oxygen atoms in total. The van der Waals surface area contributed by atoms with Gasteiger partial charge in [-0.1, -0.05) is 0 Å². The topological polar surface area (TPSA) is 41.6 Å². The van der Waals surface area contributed by atoms with Crippen molar-refractivity contribution in [2.75, 3.05) is 27.2 Å². The average molecular weight is 228 g/mol. The number of ether oxygens (including phenoxy) is 1. The molecule has 1 fully saturated rings. The van der Waals surface area contributed by atoms with E-state index >= 15 is 0 Å². The quantitative estimate of drug-likeness (QED) is 0.689. The van der Waals surface area contributed by atoms with E-state index in [0.717, 1.165) is 6.54 Å². The number of likely N-dealkylation sites (N-methyl/N-ethyl adjacent to an activating group) is 1. The number of nitrogens with one attached hydrogen (secondary N) is 1. The van der Waals surface area contributed by atoms with Gasteiger partial charge < -0.3 is 15.0 Å². The Bertz CT molecular complexity index is 237. The van der Waals surface area contributed by atoms with E-state index in [0.29, 0.717) is 6.61 Å². The Labute approximate surface area is 98.3 Å². The lowest BCUT2D eigenvalue weighted by atomic mass is 9.75. The molecule has 1 saturated carbocycles. The van der Waals surface area contributed by atoms with E-state index in [1.807, 2.05) is 13.8 Å². The number of hydrogen-bond acceptors (Lipinski definition) is 4. The molecule has 0 aromatic rings. The smallest absolute Gasteiger partial charge is 0.322 e. The summed E-state index contributed by atoms with van der Waals surface area (Å²) < 4.78 is 4.97. The van der Waals surface area contributed by atoms with Crippen molar-refractivity contribution in [3.05, 3.63) is 0 Å². The second-order valence-corrected chi connectivity index (χ2v) is 4.83. The van der Waals surface area contributed by atoms with Crippen LogP contribution in [0, 0.1) is 0 Å². The van der Waals surface area contributed by atoms with Gasteiger partial charge in [-0.3, -0.25) is 4.79 Å². The molecule has 0 spiro atoms. The molecule has 1 unspecified atom stereocenters. The molecule has 1 atom stereocenters. The molecule has 1 rings (SSSR count). The van der Waals surface area contributed by atoms with E-state index in [4.69, 9.17) is 4.74 Å². The van der Waals surface area contributed by atoms with Gasteiger partial charge in [0.2, 0.25) is 0 Å². The molecule has 0 amide bonds. The monoisotopic (exact) mass is 228 g/mol. The highest BCUT2D eigenvalue weighted by molar-refractivity contribution is 5.75. The molecule has 16 heavy (non-hydrogen) atoms. The Morgan fingerprint density at radius 1 is 1.50 bits per heavy atom. The molecule has 1 aliphatic rings. The van der Waals surface area contributed by atoms with Crippen LogP contribution in [0.5, 0.6) is 0 Å². The summed E-state index contributed by atoms with van der Waals surface area (Å²) in [6.07, 6.45) is 3.71. The fraction of sp³-hybridized carbons (Fsp3) is 0.917. The minimum Gasteiger partial charge on any atom is -0.465 e. The van der Waals surface area contributed by atoms with Gasteiger partial charge in [0.1, 0.15) is 6.04 Å². The highest BCUT2D eigenvalue weighted by Crippen LogP contribution is 2.35. The lowest BCUT2D eigenvalue weighted by Gasteiger charge is -2.48. The van der Waals surface area contributed by atoms with Crippen molar-refractivity contribution in [2.45, 2.75) is 44.7 Å². The summed E-state index contributed by atoms with van der Waals surface area (Å²) in [5, 5.41) is 3.28. The van der Waals surface area contributed by atoms with Gasteiger partial charge in [0.05, 0.1) is 6.61 Å².